The summed E-state index contributed by atoms with van der Waals surface area (Å²) in [6.45, 7) is 1.65. The molecule has 25 heavy (non-hydrogen) atoms. The summed E-state index contributed by atoms with van der Waals surface area (Å²) in [5.41, 5.74) is 1.07. The van der Waals surface area contributed by atoms with Crippen molar-refractivity contribution in [3.05, 3.63) is 66.1 Å². The number of aromatic nitrogens is 2. The summed E-state index contributed by atoms with van der Waals surface area (Å²) in [7, 11) is -1.24. The Morgan fingerprint density at radius 2 is 1.80 bits per heavy atom. The van der Waals surface area contributed by atoms with E-state index in [-0.39, 0.29) is 18.1 Å². The minimum atomic E-state index is -1.24. The minimum Gasteiger partial charge on any atom is -0.452 e. The SMILES string of the molecule is CC[S@](=O)c1ccccc1C(=O)OCc1nnc(-c2ccccc2)o1. The molecule has 0 aliphatic heterocycles. The average molecular weight is 356 g/mol. The maximum absolute atomic E-state index is 12.3. The molecule has 0 unspecified atom stereocenters. The van der Waals surface area contributed by atoms with Crippen LogP contribution in [0.2, 0.25) is 0 Å². The van der Waals surface area contributed by atoms with Gasteiger partial charge in [-0.3, -0.25) is 4.21 Å². The summed E-state index contributed by atoms with van der Waals surface area (Å²) in [4.78, 5) is 12.8. The first-order valence-electron chi connectivity index (χ1n) is 7.71. The lowest BCUT2D eigenvalue weighted by Crippen LogP contribution is -2.10. The van der Waals surface area contributed by atoms with E-state index in [1.165, 1.54) is 0 Å². The third-order valence-electron chi connectivity index (χ3n) is 3.43. The Hall–Kier alpha value is -2.80. The molecule has 2 aromatic carbocycles. The lowest BCUT2D eigenvalue weighted by molar-refractivity contribution is 0.0434. The number of hydrogen-bond acceptors (Lipinski definition) is 6. The van der Waals surface area contributed by atoms with Gasteiger partial charge >= 0.3 is 5.97 Å². The normalized spacial score (nSPS) is 11.9. The van der Waals surface area contributed by atoms with Crippen LogP contribution < -0.4 is 0 Å². The van der Waals surface area contributed by atoms with Crippen LogP contribution in [0, 0.1) is 0 Å². The fourth-order valence-corrected chi connectivity index (χ4v) is 3.14. The molecular weight excluding hydrogens is 340 g/mol. The van der Waals surface area contributed by atoms with Crippen LogP contribution in [-0.4, -0.2) is 26.1 Å². The highest BCUT2D eigenvalue weighted by Crippen LogP contribution is 2.19. The summed E-state index contributed by atoms with van der Waals surface area (Å²) in [6.07, 6.45) is 0. The van der Waals surface area contributed by atoms with E-state index < -0.39 is 16.8 Å². The minimum absolute atomic E-state index is 0.147. The van der Waals surface area contributed by atoms with E-state index >= 15 is 0 Å². The molecule has 0 fully saturated rings. The Bertz CT molecular complexity index is 893. The first-order valence-corrected chi connectivity index (χ1v) is 9.03. The van der Waals surface area contributed by atoms with Gasteiger partial charge < -0.3 is 9.15 Å². The maximum atomic E-state index is 12.3. The monoisotopic (exact) mass is 356 g/mol. The second-order valence-corrected chi connectivity index (χ2v) is 6.78. The van der Waals surface area contributed by atoms with Crippen LogP contribution in [0.4, 0.5) is 0 Å². The van der Waals surface area contributed by atoms with Gasteiger partial charge in [0.2, 0.25) is 5.89 Å². The molecule has 1 atom stereocenters. The molecule has 0 saturated heterocycles. The summed E-state index contributed by atoms with van der Waals surface area (Å²) in [5, 5.41) is 7.82. The van der Waals surface area contributed by atoms with Crippen molar-refractivity contribution in [3.8, 4) is 11.5 Å². The molecule has 1 heterocycles. The quantitative estimate of drug-likeness (QED) is 0.631. The Morgan fingerprint density at radius 3 is 2.56 bits per heavy atom. The van der Waals surface area contributed by atoms with Crippen molar-refractivity contribution in [3.63, 3.8) is 0 Å². The summed E-state index contributed by atoms with van der Waals surface area (Å²) in [6, 6.07) is 16.0. The van der Waals surface area contributed by atoms with Crippen molar-refractivity contribution < 1.29 is 18.2 Å². The number of benzene rings is 2. The Labute approximate surface area is 147 Å². The number of carbonyl (C=O) groups excluding carboxylic acids is 1. The molecule has 0 radical (unpaired) electrons. The zero-order valence-corrected chi connectivity index (χ0v) is 14.4. The lowest BCUT2D eigenvalue weighted by Gasteiger charge is -2.07. The highest BCUT2D eigenvalue weighted by molar-refractivity contribution is 7.85. The third kappa shape index (κ3) is 4.00. The van der Waals surface area contributed by atoms with E-state index in [0.717, 1.165) is 5.56 Å². The number of nitrogens with zero attached hydrogens (tertiary/aromatic N) is 2. The van der Waals surface area contributed by atoms with E-state index in [2.05, 4.69) is 10.2 Å². The Morgan fingerprint density at radius 1 is 1.08 bits per heavy atom. The summed E-state index contributed by atoms with van der Waals surface area (Å²) in [5.74, 6) is 0.409. The molecule has 6 nitrogen and oxygen atoms in total. The van der Waals surface area contributed by atoms with Gasteiger partial charge in [0.05, 0.1) is 21.3 Å². The average Bonchev–Trinajstić information content (AvgIpc) is 3.15. The van der Waals surface area contributed by atoms with Crippen LogP contribution in [0.15, 0.2) is 63.9 Å². The van der Waals surface area contributed by atoms with Gasteiger partial charge in [-0.15, -0.1) is 10.2 Å². The van der Waals surface area contributed by atoms with Crippen LogP contribution in [-0.2, 0) is 22.1 Å². The van der Waals surface area contributed by atoms with Gasteiger partial charge in [0.15, 0.2) is 6.61 Å². The molecule has 0 spiro atoms. The van der Waals surface area contributed by atoms with Gasteiger partial charge in [0.25, 0.3) is 5.89 Å². The molecule has 0 N–H and O–H groups in total. The molecule has 3 aromatic rings. The maximum Gasteiger partial charge on any atom is 0.339 e. The van der Waals surface area contributed by atoms with E-state index in [1.807, 2.05) is 30.3 Å². The predicted molar refractivity (Wildman–Crippen MR) is 92.2 cm³/mol. The topological polar surface area (TPSA) is 82.3 Å². The van der Waals surface area contributed by atoms with E-state index in [9.17, 15) is 9.00 Å². The third-order valence-corrected chi connectivity index (χ3v) is 4.80. The molecule has 0 aliphatic rings. The molecule has 0 bridgehead atoms. The van der Waals surface area contributed by atoms with Gasteiger partial charge in [0.1, 0.15) is 0 Å². The number of rotatable bonds is 6. The van der Waals surface area contributed by atoms with Gasteiger partial charge in [-0.1, -0.05) is 37.3 Å². The fourth-order valence-electron chi connectivity index (χ4n) is 2.20. The largest absolute Gasteiger partial charge is 0.452 e. The molecule has 3 rings (SSSR count). The van der Waals surface area contributed by atoms with Gasteiger partial charge in [-0.2, -0.15) is 0 Å². The van der Waals surface area contributed by atoms with Crippen molar-refractivity contribution >= 4 is 16.8 Å². The van der Waals surface area contributed by atoms with Crippen molar-refractivity contribution in [1.29, 1.82) is 0 Å². The number of ether oxygens (including phenoxy) is 1. The Balaban J connectivity index is 1.70. The van der Waals surface area contributed by atoms with Crippen LogP contribution in [0.1, 0.15) is 23.2 Å². The molecule has 0 amide bonds. The van der Waals surface area contributed by atoms with Crippen LogP contribution in [0.25, 0.3) is 11.5 Å². The zero-order chi connectivity index (χ0) is 17.6. The second-order valence-electron chi connectivity index (χ2n) is 5.07. The van der Waals surface area contributed by atoms with E-state index in [1.54, 1.807) is 31.2 Å². The number of hydrogen-bond donors (Lipinski definition) is 0. The zero-order valence-electron chi connectivity index (χ0n) is 13.5. The van der Waals surface area contributed by atoms with Crippen LogP contribution >= 0.6 is 0 Å². The molecule has 1 aromatic heterocycles. The Kier molecular flexibility index (Phi) is 5.35. The van der Waals surface area contributed by atoms with Gasteiger partial charge in [0, 0.05) is 11.3 Å². The summed E-state index contributed by atoms with van der Waals surface area (Å²) >= 11 is 0. The van der Waals surface area contributed by atoms with Crippen LogP contribution in [0.3, 0.4) is 0 Å². The molecule has 0 aliphatic carbocycles. The predicted octanol–water partition coefficient (Wildman–Crippen LogP) is 3.22. The number of esters is 1. The van der Waals surface area contributed by atoms with E-state index in [0.29, 0.717) is 16.5 Å². The van der Waals surface area contributed by atoms with Crippen molar-refractivity contribution in [1.82, 2.24) is 10.2 Å². The van der Waals surface area contributed by atoms with Gasteiger partial charge in [-0.05, 0) is 24.3 Å². The van der Waals surface area contributed by atoms with Crippen LogP contribution in [0.5, 0.6) is 0 Å². The molecule has 0 saturated carbocycles. The molecular formula is C18H16N2O4S. The first-order chi connectivity index (χ1) is 12.2. The standard InChI is InChI=1S/C18H16N2O4S/c1-2-25(22)15-11-7-6-10-14(15)18(21)23-12-16-19-20-17(24-16)13-8-4-3-5-9-13/h3-11H,2,12H2,1H3/t25-/m0/s1. The second kappa shape index (κ2) is 7.85. The lowest BCUT2D eigenvalue weighted by atomic mass is 10.2. The number of carbonyl (C=O) groups is 1. The van der Waals surface area contributed by atoms with Crippen molar-refractivity contribution in [2.75, 3.05) is 5.75 Å². The fraction of sp³-hybridized carbons (Fsp3) is 0.167. The summed E-state index contributed by atoms with van der Waals surface area (Å²) < 4.78 is 22.8. The highest BCUT2D eigenvalue weighted by atomic mass is 32.2. The molecule has 128 valence electrons. The van der Waals surface area contributed by atoms with Crippen molar-refractivity contribution in [2.45, 2.75) is 18.4 Å². The van der Waals surface area contributed by atoms with Crippen molar-refractivity contribution in [2.24, 2.45) is 0 Å². The molecule has 7 heteroatoms. The highest BCUT2D eigenvalue weighted by Gasteiger charge is 2.17. The van der Waals surface area contributed by atoms with E-state index in [4.69, 9.17) is 9.15 Å². The van der Waals surface area contributed by atoms with Gasteiger partial charge in [-0.25, -0.2) is 4.79 Å². The smallest absolute Gasteiger partial charge is 0.339 e. The first kappa shape index (κ1) is 17.0.